The van der Waals surface area contributed by atoms with Crippen molar-refractivity contribution < 1.29 is 22.6 Å². The molecule has 1 heterocycles. The van der Waals surface area contributed by atoms with Crippen LogP contribution in [-0.4, -0.2) is 47.4 Å². The first-order chi connectivity index (χ1) is 12.9. The average Bonchev–Trinajstić information content (AvgIpc) is 3.11. The van der Waals surface area contributed by atoms with Gasteiger partial charge in [-0.15, -0.1) is 0 Å². The Hall–Kier alpha value is -2.29. The standard InChI is InChI=1S/C19H24N2O5S/c1-4-24-15-7-5-14(6-8-15)17(21(2)3)12-20-27(22,23)16-9-10-18-19(11-16)26-13-25-18/h5-11,17,20H,4,12-13H2,1-3H3. The van der Waals surface area contributed by atoms with E-state index in [0.717, 1.165) is 11.3 Å². The molecule has 0 saturated carbocycles. The molecule has 2 aromatic rings. The van der Waals surface area contributed by atoms with Crippen LogP contribution in [0.3, 0.4) is 0 Å². The molecule has 0 aliphatic carbocycles. The Labute approximate surface area is 159 Å². The molecule has 27 heavy (non-hydrogen) atoms. The maximum absolute atomic E-state index is 12.7. The van der Waals surface area contributed by atoms with Crippen LogP contribution >= 0.6 is 0 Å². The van der Waals surface area contributed by atoms with E-state index in [1.54, 1.807) is 6.07 Å². The second-order valence-corrected chi connectivity index (χ2v) is 8.12. The second kappa shape index (κ2) is 8.16. The summed E-state index contributed by atoms with van der Waals surface area (Å²) in [5, 5.41) is 0. The molecule has 1 N–H and O–H groups in total. The van der Waals surface area contributed by atoms with Crippen LogP contribution in [0.15, 0.2) is 47.4 Å². The van der Waals surface area contributed by atoms with Crippen molar-refractivity contribution in [2.24, 2.45) is 0 Å². The Bertz CT molecular complexity index is 881. The first-order valence-corrected chi connectivity index (χ1v) is 10.2. The van der Waals surface area contributed by atoms with Gasteiger partial charge in [0, 0.05) is 18.7 Å². The fourth-order valence-corrected chi connectivity index (χ4v) is 3.92. The molecule has 0 amide bonds. The highest BCUT2D eigenvalue weighted by molar-refractivity contribution is 7.89. The van der Waals surface area contributed by atoms with Crippen molar-refractivity contribution in [2.75, 3.05) is 34.0 Å². The molecule has 0 spiro atoms. The van der Waals surface area contributed by atoms with Gasteiger partial charge in [-0.05, 0) is 50.8 Å². The zero-order valence-electron chi connectivity index (χ0n) is 15.6. The Balaban J connectivity index is 1.73. The molecule has 1 atom stereocenters. The molecule has 3 rings (SSSR count). The summed E-state index contributed by atoms with van der Waals surface area (Å²) < 4.78 is 44.0. The normalized spacial score (nSPS) is 14.4. The summed E-state index contributed by atoms with van der Waals surface area (Å²) in [7, 11) is 0.153. The van der Waals surface area contributed by atoms with E-state index in [0.29, 0.717) is 18.1 Å². The fraction of sp³-hybridized carbons (Fsp3) is 0.368. The lowest BCUT2D eigenvalue weighted by atomic mass is 10.1. The summed E-state index contributed by atoms with van der Waals surface area (Å²) in [4.78, 5) is 2.12. The number of hydrogen-bond donors (Lipinski definition) is 1. The van der Waals surface area contributed by atoms with E-state index in [2.05, 4.69) is 4.72 Å². The predicted octanol–water partition coefficient (Wildman–Crippen LogP) is 2.40. The summed E-state index contributed by atoms with van der Waals surface area (Å²) in [6, 6.07) is 12.2. The van der Waals surface area contributed by atoms with Gasteiger partial charge in [-0.3, -0.25) is 0 Å². The molecule has 0 bridgehead atoms. The first kappa shape index (κ1) is 19.5. The topological polar surface area (TPSA) is 77.1 Å². The summed E-state index contributed by atoms with van der Waals surface area (Å²) in [5.74, 6) is 1.78. The molecule has 146 valence electrons. The molecule has 0 fully saturated rings. The summed E-state index contributed by atoms with van der Waals surface area (Å²) in [6.45, 7) is 2.87. The smallest absolute Gasteiger partial charge is 0.240 e. The van der Waals surface area contributed by atoms with Gasteiger partial charge >= 0.3 is 0 Å². The third-order valence-corrected chi connectivity index (χ3v) is 5.74. The number of nitrogens with zero attached hydrogens (tertiary/aromatic N) is 1. The molecular formula is C19H24N2O5S. The van der Waals surface area contributed by atoms with Crippen LogP contribution in [0.25, 0.3) is 0 Å². The highest BCUT2D eigenvalue weighted by atomic mass is 32.2. The van der Waals surface area contributed by atoms with Crippen LogP contribution in [0.5, 0.6) is 17.2 Å². The highest BCUT2D eigenvalue weighted by Crippen LogP contribution is 2.33. The van der Waals surface area contributed by atoms with Crippen molar-refractivity contribution in [1.82, 2.24) is 9.62 Å². The Kier molecular flexibility index (Phi) is 5.88. The number of hydrogen-bond acceptors (Lipinski definition) is 6. The van der Waals surface area contributed by atoms with E-state index < -0.39 is 10.0 Å². The van der Waals surface area contributed by atoms with Crippen molar-refractivity contribution in [3.05, 3.63) is 48.0 Å². The van der Waals surface area contributed by atoms with E-state index in [9.17, 15) is 8.42 Å². The third-order valence-electron chi connectivity index (χ3n) is 4.32. The predicted molar refractivity (Wildman–Crippen MR) is 102 cm³/mol. The number of ether oxygens (including phenoxy) is 3. The van der Waals surface area contributed by atoms with Gasteiger partial charge in [0.2, 0.25) is 16.8 Å². The lowest BCUT2D eigenvalue weighted by molar-refractivity contribution is 0.174. The highest BCUT2D eigenvalue weighted by Gasteiger charge is 2.22. The summed E-state index contributed by atoms with van der Waals surface area (Å²) in [6.07, 6.45) is 0. The molecule has 0 saturated heterocycles. The van der Waals surface area contributed by atoms with E-state index in [4.69, 9.17) is 14.2 Å². The van der Waals surface area contributed by atoms with Gasteiger partial charge in [0.15, 0.2) is 11.5 Å². The van der Waals surface area contributed by atoms with Crippen molar-refractivity contribution >= 4 is 10.0 Å². The van der Waals surface area contributed by atoms with Crippen LogP contribution in [-0.2, 0) is 10.0 Å². The number of rotatable bonds is 8. The van der Waals surface area contributed by atoms with E-state index in [1.807, 2.05) is 50.2 Å². The number of benzene rings is 2. The number of fused-ring (bicyclic) bond motifs is 1. The molecule has 7 nitrogen and oxygen atoms in total. The molecule has 1 unspecified atom stereocenters. The van der Waals surface area contributed by atoms with E-state index in [-0.39, 0.29) is 24.3 Å². The summed E-state index contributed by atoms with van der Waals surface area (Å²) >= 11 is 0. The van der Waals surface area contributed by atoms with Crippen LogP contribution in [0.2, 0.25) is 0 Å². The van der Waals surface area contributed by atoms with Gasteiger partial charge in [-0.1, -0.05) is 12.1 Å². The molecule has 0 radical (unpaired) electrons. The molecule has 0 aromatic heterocycles. The molecule has 1 aliphatic heterocycles. The molecular weight excluding hydrogens is 368 g/mol. The number of sulfonamides is 1. The molecule has 8 heteroatoms. The van der Waals surface area contributed by atoms with Crippen molar-refractivity contribution in [3.8, 4) is 17.2 Å². The largest absolute Gasteiger partial charge is 0.494 e. The number of nitrogens with one attached hydrogen (secondary N) is 1. The van der Waals surface area contributed by atoms with Crippen LogP contribution in [0.1, 0.15) is 18.5 Å². The number of likely N-dealkylation sites (N-methyl/N-ethyl adjacent to an activating group) is 1. The van der Waals surface area contributed by atoms with Crippen molar-refractivity contribution in [1.29, 1.82) is 0 Å². The second-order valence-electron chi connectivity index (χ2n) is 6.35. The third kappa shape index (κ3) is 4.52. The average molecular weight is 392 g/mol. The van der Waals surface area contributed by atoms with E-state index >= 15 is 0 Å². The van der Waals surface area contributed by atoms with Crippen LogP contribution in [0.4, 0.5) is 0 Å². The van der Waals surface area contributed by atoms with Crippen molar-refractivity contribution in [3.63, 3.8) is 0 Å². The quantitative estimate of drug-likeness (QED) is 0.743. The van der Waals surface area contributed by atoms with Gasteiger partial charge in [-0.25, -0.2) is 13.1 Å². The van der Waals surface area contributed by atoms with Gasteiger partial charge in [0.25, 0.3) is 0 Å². The van der Waals surface area contributed by atoms with Gasteiger partial charge in [0.1, 0.15) is 5.75 Å². The Morgan fingerprint density at radius 3 is 2.48 bits per heavy atom. The van der Waals surface area contributed by atoms with Gasteiger partial charge < -0.3 is 19.1 Å². The van der Waals surface area contributed by atoms with Crippen LogP contribution < -0.4 is 18.9 Å². The van der Waals surface area contributed by atoms with Gasteiger partial charge in [-0.2, -0.15) is 0 Å². The minimum absolute atomic E-state index is 0.104. The monoisotopic (exact) mass is 392 g/mol. The lowest BCUT2D eigenvalue weighted by Crippen LogP contribution is -2.34. The minimum Gasteiger partial charge on any atom is -0.494 e. The molecule has 2 aromatic carbocycles. The molecule has 1 aliphatic rings. The van der Waals surface area contributed by atoms with Crippen LogP contribution in [0, 0.1) is 0 Å². The van der Waals surface area contributed by atoms with Crippen molar-refractivity contribution in [2.45, 2.75) is 17.9 Å². The fourth-order valence-electron chi connectivity index (χ4n) is 2.87. The minimum atomic E-state index is -3.67. The lowest BCUT2D eigenvalue weighted by Gasteiger charge is -2.25. The Morgan fingerprint density at radius 2 is 1.81 bits per heavy atom. The zero-order valence-corrected chi connectivity index (χ0v) is 16.5. The summed E-state index contributed by atoms with van der Waals surface area (Å²) in [5.41, 5.74) is 0.997. The zero-order chi connectivity index (χ0) is 19.4. The van der Waals surface area contributed by atoms with Gasteiger partial charge in [0.05, 0.1) is 11.5 Å². The Morgan fingerprint density at radius 1 is 1.11 bits per heavy atom. The SMILES string of the molecule is CCOc1ccc(C(CNS(=O)(=O)c2ccc3c(c2)OCO3)N(C)C)cc1. The first-order valence-electron chi connectivity index (χ1n) is 8.69. The maximum atomic E-state index is 12.7. The maximum Gasteiger partial charge on any atom is 0.240 e. The van der Waals surface area contributed by atoms with E-state index in [1.165, 1.54) is 12.1 Å².